The van der Waals surface area contributed by atoms with Crippen molar-refractivity contribution in [3.8, 4) is 0 Å². The largest absolute Gasteiger partial charge is 0.476 e. The predicted molar refractivity (Wildman–Crippen MR) is 55.5 cm³/mol. The lowest BCUT2D eigenvalue weighted by molar-refractivity contribution is -0.129. The molecule has 1 rings (SSSR count). The summed E-state index contributed by atoms with van der Waals surface area (Å²) in [4.78, 5) is 10.7. The molecule has 0 radical (unpaired) electrons. The first kappa shape index (κ1) is 12.2. The van der Waals surface area contributed by atoms with Crippen LogP contribution in [-0.4, -0.2) is 36.7 Å². The Morgan fingerprint density at radius 1 is 1.25 bits per heavy atom. The molecule has 0 aliphatic rings. The Kier molecular flexibility index (Phi) is 3.28. The maximum atomic E-state index is 11.1. The normalized spacial score (nSPS) is 12.4. The van der Waals surface area contributed by atoms with E-state index < -0.39 is 21.5 Å². The Hall–Kier alpha value is -1.89. The van der Waals surface area contributed by atoms with Gasteiger partial charge >= 0.3 is 5.97 Å². The average Bonchev–Trinajstić information content (AvgIpc) is 2.17. The number of hydrogen-bond donors (Lipinski definition) is 2. The van der Waals surface area contributed by atoms with Crippen molar-refractivity contribution in [2.45, 2.75) is 4.90 Å². The molecule has 86 valence electrons. The van der Waals surface area contributed by atoms with Crippen molar-refractivity contribution in [3.05, 3.63) is 29.8 Å². The van der Waals surface area contributed by atoms with E-state index >= 15 is 0 Å². The van der Waals surface area contributed by atoms with Gasteiger partial charge in [0, 0.05) is 11.8 Å². The van der Waals surface area contributed by atoms with Crippen LogP contribution >= 0.6 is 0 Å². The summed E-state index contributed by atoms with van der Waals surface area (Å²) in [6.45, 7) is 0. The van der Waals surface area contributed by atoms with Gasteiger partial charge in [0.05, 0.1) is 4.90 Å². The monoisotopic (exact) mass is 243 g/mol. The molecular formula is C9H9NO5S. The van der Waals surface area contributed by atoms with Gasteiger partial charge in [-0.05, 0) is 12.1 Å². The highest BCUT2D eigenvalue weighted by Crippen LogP contribution is 2.11. The molecule has 0 atom stereocenters. The SMILES string of the molecule is CS(=O)(=O)c1ccc(/C(=N\O)C(=O)O)cc1. The quantitative estimate of drug-likeness (QED) is 0.453. The molecule has 7 heteroatoms. The van der Waals surface area contributed by atoms with Crippen LogP contribution in [0.15, 0.2) is 34.3 Å². The molecule has 6 nitrogen and oxygen atoms in total. The maximum Gasteiger partial charge on any atom is 0.358 e. The van der Waals surface area contributed by atoms with E-state index in [1.807, 2.05) is 0 Å². The molecule has 0 heterocycles. The molecule has 1 aromatic carbocycles. The molecule has 0 aliphatic carbocycles. The van der Waals surface area contributed by atoms with Gasteiger partial charge in [-0.1, -0.05) is 17.3 Å². The van der Waals surface area contributed by atoms with Gasteiger partial charge in [0.15, 0.2) is 15.5 Å². The van der Waals surface area contributed by atoms with Gasteiger partial charge in [-0.15, -0.1) is 0 Å². The first-order chi connectivity index (χ1) is 7.36. The summed E-state index contributed by atoms with van der Waals surface area (Å²) in [7, 11) is -3.32. The first-order valence-electron chi connectivity index (χ1n) is 4.12. The zero-order valence-corrected chi connectivity index (χ0v) is 9.10. The van der Waals surface area contributed by atoms with Gasteiger partial charge in [-0.25, -0.2) is 13.2 Å². The smallest absolute Gasteiger partial charge is 0.358 e. The number of rotatable bonds is 3. The summed E-state index contributed by atoms with van der Waals surface area (Å²) >= 11 is 0. The van der Waals surface area contributed by atoms with Crippen molar-refractivity contribution in [2.24, 2.45) is 5.16 Å². The molecule has 0 amide bonds. The highest BCUT2D eigenvalue weighted by Gasteiger charge is 2.14. The second kappa shape index (κ2) is 4.31. The lowest BCUT2D eigenvalue weighted by Crippen LogP contribution is -2.14. The summed E-state index contributed by atoms with van der Waals surface area (Å²) in [5, 5.41) is 19.7. The third-order valence-electron chi connectivity index (χ3n) is 1.86. The third kappa shape index (κ3) is 2.57. The Morgan fingerprint density at radius 3 is 2.06 bits per heavy atom. The molecule has 0 aliphatic heterocycles. The summed E-state index contributed by atoms with van der Waals surface area (Å²) in [6, 6.07) is 5.02. The Morgan fingerprint density at radius 2 is 1.75 bits per heavy atom. The molecule has 0 saturated heterocycles. The van der Waals surface area contributed by atoms with Crippen molar-refractivity contribution in [1.29, 1.82) is 0 Å². The van der Waals surface area contributed by atoms with Gasteiger partial charge < -0.3 is 10.3 Å². The van der Waals surface area contributed by atoms with E-state index in [1.165, 1.54) is 24.3 Å². The summed E-state index contributed by atoms with van der Waals surface area (Å²) in [5.74, 6) is -1.39. The van der Waals surface area contributed by atoms with Crippen molar-refractivity contribution in [2.75, 3.05) is 6.26 Å². The zero-order valence-electron chi connectivity index (χ0n) is 8.28. The van der Waals surface area contributed by atoms with E-state index in [-0.39, 0.29) is 10.5 Å². The van der Waals surface area contributed by atoms with Gasteiger partial charge in [-0.2, -0.15) is 0 Å². The van der Waals surface area contributed by atoms with Gasteiger partial charge in [-0.3, -0.25) is 0 Å². The number of oxime groups is 1. The topological polar surface area (TPSA) is 104 Å². The highest BCUT2D eigenvalue weighted by molar-refractivity contribution is 7.90. The van der Waals surface area contributed by atoms with Crippen molar-refractivity contribution in [3.63, 3.8) is 0 Å². The van der Waals surface area contributed by atoms with Crippen LogP contribution < -0.4 is 0 Å². The third-order valence-corrected chi connectivity index (χ3v) is 2.99. The second-order valence-corrected chi connectivity index (χ2v) is 5.07. The van der Waals surface area contributed by atoms with Crippen LogP contribution in [0.1, 0.15) is 5.56 Å². The number of carboxylic acids is 1. The van der Waals surface area contributed by atoms with Gasteiger partial charge in [0.2, 0.25) is 0 Å². The van der Waals surface area contributed by atoms with Crippen LogP contribution in [0.25, 0.3) is 0 Å². The first-order valence-corrected chi connectivity index (χ1v) is 6.01. The zero-order chi connectivity index (χ0) is 12.3. The summed E-state index contributed by atoms with van der Waals surface area (Å²) in [5.41, 5.74) is -0.414. The molecule has 0 aromatic heterocycles. The Bertz CT molecular complexity index is 530. The minimum atomic E-state index is -3.32. The van der Waals surface area contributed by atoms with E-state index in [4.69, 9.17) is 10.3 Å². The predicted octanol–water partition coefficient (Wildman–Crippen LogP) is 0.353. The van der Waals surface area contributed by atoms with Crippen molar-refractivity contribution < 1.29 is 23.5 Å². The van der Waals surface area contributed by atoms with Crippen molar-refractivity contribution >= 4 is 21.5 Å². The molecule has 0 saturated carbocycles. The van der Waals surface area contributed by atoms with E-state index in [0.717, 1.165) is 6.26 Å². The number of carbonyl (C=O) groups is 1. The number of benzene rings is 1. The van der Waals surface area contributed by atoms with Crippen LogP contribution in [0.4, 0.5) is 0 Å². The van der Waals surface area contributed by atoms with Gasteiger partial charge in [0.1, 0.15) is 0 Å². The number of carboxylic acid groups (broad SMARTS) is 1. The molecule has 0 unspecified atom stereocenters. The van der Waals surface area contributed by atoms with E-state index in [1.54, 1.807) is 0 Å². The minimum absolute atomic E-state index is 0.0685. The summed E-state index contributed by atoms with van der Waals surface area (Å²) in [6.07, 6.45) is 1.04. The van der Waals surface area contributed by atoms with E-state index in [2.05, 4.69) is 5.16 Å². The fourth-order valence-corrected chi connectivity index (χ4v) is 1.71. The number of sulfone groups is 1. The Balaban J connectivity index is 3.19. The average molecular weight is 243 g/mol. The van der Waals surface area contributed by atoms with E-state index in [9.17, 15) is 13.2 Å². The van der Waals surface area contributed by atoms with Crippen molar-refractivity contribution in [1.82, 2.24) is 0 Å². The second-order valence-electron chi connectivity index (χ2n) is 3.05. The highest BCUT2D eigenvalue weighted by atomic mass is 32.2. The van der Waals surface area contributed by atoms with Crippen LogP contribution in [0.3, 0.4) is 0 Å². The molecule has 0 bridgehead atoms. The van der Waals surface area contributed by atoms with Crippen LogP contribution in [0, 0.1) is 0 Å². The van der Waals surface area contributed by atoms with Crippen LogP contribution in [0.5, 0.6) is 0 Å². The Labute approximate surface area is 91.8 Å². The number of nitrogens with zero attached hydrogens (tertiary/aromatic N) is 1. The standard InChI is InChI=1S/C9H9NO5S/c1-16(14,15)7-4-2-6(3-5-7)8(10-13)9(11)12/h2-5,13H,1H3,(H,11,12)/b10-8+. The van der Waals surface area contributed by atoms with E-state index in [0.29, 0.717) is 0 Å². The fraction of sp³-hybridized carbons (Fsp3) is 0.111. The molecule has 0 fully saturated rings. The molecule has 0 spiro atoms. The lowest BCUT2D eigenvalue weighted by Gasteiger charge is -2.01. The molecule has 1 aromatic rings. The molecule has 2 N–H and O–H groups in total. The van der Waals surface area contributed by atoms with Crippen LogP contribution in [0.2, 0.25) is 0 Å². The summed E-state index contributed by atoms with van der Waals surface area (Å²) < 4.78 is 22.2. The van der Waals surface area contributed by atoms with Gasteiger partial charge in [0.25, 0.3) is 0 Å². The number of hydrogen-bond acceptors (Lipinski definition) is 5. The van der Waals surface area contributed by atoms with Crippen LogP contribution in [-0.2, 0) is 14.6 Å². The fourth-order valence-electron chi connectivity index (χ4n) is 1.08. The molecule has 16 heavy (non-hydrogen) atoms. The minimum Gasteiger partial charge on any atom is -0.476 e. The maximum absolute atomic E-state index is 11.1. The number of aliphatic carboxylic acids is 1. The molecular weight excluding hydrogens is 234 g/mol. The lowest BCUT2D eigenvalue weighted by atomic mass is 10.1.